The maximum Gasteiger partial charge on any atom is 0.147 e. The molecule has 4 aromatic rings. The Kier molecular flexibility index (Phi) is 10.9. The molecular formula is C33H35O5PS4. The number of phenols is 3. The number of benzene rings is 4. The van der Waals surface area contributed by atoms with Crippen LogP contribution in [0.5, 0.6) is 23.0 Å². The quantitative estimate of drug-likeness (QED) is 0.133. The van der Waals surface area contributed by atoms with Crippen LogP contribution < -0.4 is 4.74 Å². The fraction of sp³-hybridized carbons (Fsp3) is 0.273. The maximum atomic E-state index is 14.0. The van der Waals surface area contributed by atoms with E-state index in [9.17, 15) is 19.9 Å². The van der Waals surface area contributed by atoms with Gasteiger partial charge in [0.1, 0.15) is 36.5 Å². The molecule has 1 aliphatic rings. The Morgan fingerprint density at radius 3 is 1.19 bits per heavy atom. The van der Waals surface area contributed by atoms with E-state index < -0.39 is 7.14 Å². The Morgan fingerprint density at radius 2 is 0.860 bits per heavy atom. The summed E-state index contributed by atoms with van der Waals surface area (Å²) in [4.78, 5) is 5.25. The second-order valence-corrected chi connectivity index (χ2v) is 17.9. The van der Waals surface area contributed by atoms with Gasteiger partial charge in [-0.15, -0.1) is 0 Å². The van der Waals surface area contributed by atoms with Crippen LogP contribution in [-0.2, 0) is 4.57 Å². The van der Waals surface area contributed by atoms with Crippen molar-refractivity contribution in [1.82, 2.24) is 0 Å². The Labute approximate surface area is 270 Å². The smallest absolute Gasteiger partial charge is 0.147 e. The van der Waals surface area contributed by atoms with Crippen molar-refractivity contribution < 1.29 is 24.6 Å². The van der Waals surface area contributed by atoms with Crippen molar-refractivity contribution in [3.05, 3.63) is 72.8 Å². The Morgan fingerprint density at radius 1 is 0.558 bits per heavy atom. The van der Waals surface area contributed by atoms with Gasteiger partial charge >= 0.3 is 0 Å². The predicted octanol–water partition coefficient (Wildman–Crippen LogP) is 11.0. The Hall–Kier alpha value is -2.29. The molecule has 0 spiro atoms. The van der Waals surface area contributed by atoms with E-state index >= 15 is 0 Å². The third-order valence-corrected chi connectivity index (χ3v) is 14.2. The first kappa shape index (κ1) is 32.1. The average molecular weight is 671 g/mol. The minimum absolute atomic E-state index is 0.0935. The average Bonchev–Trinajstić information content (AvgIpc) is 3.00. The zero-order valence-corrected chi connectivity index (χ0v) is 28.3. The summed E-state index contributed by atoms with van der Waals surface area (Å²) in [5.41, 5.74) is 0. The molecule has 10 heteroatoms. The van der Waals surface area contributed by atoms with Gasteiger partial charge in [0.25, 0.3) is 0 Å². The minimum atomic E-state index is -2.57. The standard InChI is InChI=1S/C33H35O5PS4/c1-3-5-19-39(37,20-6-4-2)21-38-33-28-17-10-18-29(33)43-27-16-9-14-25(32(27)36)41-23-12-7-11-22(30(23)34)40-24-13-8-15-26(42-28)31(24)35/h7-18,34-36H,3-6,19-21H2,1-2H3. The lowest BCUT2D eigenvalue weighted by Crippen LogP contribution is -2.07. The summed E-state index contributed by atoms with van der Waals surface area (Å²) in [5.74, 6) is 0.919. The van der Waals surface area contributed by atoms with E-state index in [-0.39, 0.29) is 23.6 Å². The molecule has 0 atom stereocenters. The van der Waals surface area contributed by atoms with E-state index in [4.69, 9.17) is 4.74 Å². The third-order valence-electron chi connectivity index (χ3n) is 6.99. The van der Waals surface area contributed by atoms with Gasteiger partial charge in [-0.25, -0.2) is 0 Å². The van der Waals surface area contributed by atoms with E-state index in [1.54, 1.807) is 0 Å². The molecule has 226 valence electrons. The number of hydrogen-bond acceptors (Lipinski definition) is 9. The molecule has 5 nitrogen and oxygen atoms in total. The first-order valence-electron chi connectivity index (χ1n) is 14.3. The highest BCUT2D eigenvalue weighted by atomic mass is 32.2. The first-order valence-corrected chi connectivity index (χ1v) is 19.8. The SMILES string of the molecule is CCCCP(=O)(CCCC)COc1c2cccc1Sc1cccc(c1O)Sc1cccc(c1O)Sc1cccc(c1O)S2. The number of aromatic hydroxyl groups is 3. The van der Waals surface area contributed by atoms with Gasteiger partial charge in [-0.1, -0.05) is 98.0 Å². The number of para-hydroxylation sites is 4. The van der Waals surface area contributed by atoms with E-state index in [0.29, 0.717) is 47.4 Å². The summed E-state index contributed by atoms with van der Waals surface area (Å²) >= 11 is 5.32. The van der Waals surface area contributed by atoms with Gasteiger partial charge in [-0.2, -0.15) is 0 Å². The molecule has 8 bridgehead atoms. The van der Waals surface area contributed by atoms with Crippen LogP contribution in [0, 0.1) is 0 Å². The molecule has 0 unspecified atom stereocenters. The summed E-state index contributed by atoms with van der Waals surface area (Å²) < 4.78 is 20.6. The summed E-state index contributed by atoms with van der Waals surface area (Å²) in [5, 5.41) is 33.8. The topological polar surface area (TPSA) is 87.0 Å². The third kappa shape index (κ3) is 7.69. The molecule has 0 aromatic heterocycles. The molecule has 0 saturated carbocycles. The van der Waals surface area contributed by atoms with Gasteiger partial charge in [0.15, 0.2) is 0 Å². The monoisotopic (exact) mass is 670 g/mol. The van der Waals surface area contributed by atoms with Crippen molar-refractivity contribution in [3.63, 3.8) is 0 Å². The van der Waals surface area contributed by atoms with Crippen molar-refractivity contribution in [2.24, 2.45) is 0 Å². The zero-order chi connectivity index (χ0) is 30.4. The van der Waals surface area contributed by atoms with E-state index in [1.807, 2.05) is 72.8 Å². The molecule has 43 heavy (non-hydrogen) atoms. The normalized spacial score (nSPS) is 13.1. The first-order chi connectivity index (χ1) is 20.8. The Bertz CT molecular complexity index is 1540. The molecular weight excluding hydrogens is 636 g/mol. The van der Waals surface area contributed by atoms with Crippen LogP contribution in [0.3, 0.4) is 0 Å². The molecule has 0 aliphatic carbocycles. The van der Waals surface area contributed by atoms with Crippen molar-refractivity contribution >= 4 is 54.2 Å². The zero-order valence-electron chi connectivity index (χ0n) is 24.1. The van der Waals surface area contributed by atoms with Gasteiger partial charge in [0.05, 0.1) is 39.2 Å². The van der Waals surface area contributed by atoms with E-state index in [2.05, 4.69) is 13.8 Å². The van der Waals surface area contributed by atoms with Crippen molar-refractivity contribution in [2.45, 2.75) is 78.7 Å². The fourth-order valence-corrected chi connectivity index (χ4v) is 11.4. The number of unbranched alkanes of at least 4 members (excludes halogenated alkanes) is 2. The maximum absolute atomic E-state index is 14.0. The minimum Gasteiger partial charge on any atom is -0.506 e. The van der Waals surface area contributed by atoms with Crippen LogP contribution in [0.1, 0.15) is 39.5 Å². The fourth-order valence-electron chi connectivity index (χ4n) is 4.59. The largest absolute Gasteiger partial charge is 0.506 e. The van der Waals surface area contributed by atoms with Crippen LogP contribution in [0.2, 0.25) is 0 Å². The highest BCUT2D eigenvalue weighted by molar-refractivity contribution is 8.01. The highest BCUT2D eigenvalue weighted by Gasteiger charge is 2.25. The lowest BCUT2D eigenvalue weighted by Gasteiger charge is -2.22. The van der Waals surface area contributed by atoms with Crippen LogP contribution in [0.4, 0.5) is 0 Å². The lowest BCUT2D eigenvalue weighted by atomic mass is 10.3. The summed E-state index contributed by atoms with van der Waals surface area (Å²) in [6, 6.07) is 22.4. The van der Waals surface area contributed by atoms with Crippen LogP contribution in [-0.4, -0.2) is 34.0 Å². The number of ether oxygens (including phenoxy) is 1. The molecule has 1 heterocycles. The second kappa shape index (κ2) is 14.7. The van der Waals surface area contributed by atoms with Crippen LogP contribution in [0.15, 0.2) is 112 Å². The number of rotatable bonds is 9. The van der Waals surface area contributed by atoms with E-state index in [1.165, 1.54) is 47.0 Å². The number of fused-ring (bicyclic) bond motifs is 8. The van der Waals surface area contributed by atoms with Crippen LogP contribution >= 0.6 is 54.2 Å². The Balaban J connectivity index is 1.62. The lowest BCUT2D eigenvalue weighted by molar-refractivity contribution is 0.357. The van der Waals surface area contributed by atoms with Gasteiger partial charge in [-0.3, -0.25) is 0 Å². The molecule has 0 saturated heterocycles. The van der Waals surface area contributed by atoms with Gasteiger partial charge in [0.2, 0.25) is 0 Å². The highest BCUT2D eigenvalue weighted by Crippen LogP contribution is 2.54. The molecule has 0 radical (unpaired) electrons. The van der Waals surface area contributed by atoms with Gasteiger partial charge < -0.3 is 24.6 Å². The molecule has 4 aromatic carbocycles. The second-order valence-electron chi connectivity index (χ2n) is 10.3. The van der Waals surface area contributed by atoms with Gasteiger partial charge in [0, 0.05) is 12.3 Å². The predicted molar refractivity (Wildman–Crippen MR) is 180 cm³/mol. The van der Waals surface area contributed by atoms with Crippen molar-refractivity contribution in [3.8, 4) is 23.0 Å². The summed E-state index contributed by atoms with van der Waals surface area (Å²) in [7, 11) is -2.57. The molecule has 1 aliphatic heterocycles. The molecule has 0 fully saturated rings. The summed E-state index contributed by atoms with van der Waals surface area (Å²) in [6.45, 7) is 4.22. The number of phenolic OH excluding ortho intramolecular Hbond substituents is 3. The van der Waals surface area contributed by atoms with Crippen molar-refractivity contribution in [2.75, 3.05) is 18.7 Å². The summed E-state index contributed by atoms with van der Waals surface area (Å²) in [6.07, 6.45) is 5.23. The van der Waals surface area contributed by atoms with Crippen LogP contribution in [0.25, 0.3) is 0 Å². The number of hydrogen-bond donors (Lipinski definition) is 3. The molecule has 3 N–H and O–H groups in total. The molecule has 5 rings (SSSR count). The molecule has 0 amide bonds. The van der Waals surface area contributed by atoms with Gasteiger partial charge in [-0.05, 0) is 61.4 Å². The van der Waals surface area contributed by atoms with E-state index in [0.717, 1.165) is 35.5 Å². The van der Waals surface area contributed by atoms with Crippen molar-refractivity contribution in [1.29, 1.82) is 0 Å².